The average Bonchev–Trinajstić information content (AvgIpc) is 2.65. The van der Waals surface area contributed by atoms with Gasteiger partial charge in [0, 0.05) is 51.4 Å². The molecule has 0 spiro atoms. The van der Waals surface area contributed by atoms with Crippen molar-refractivity contribution in [2.45, 2.75) is 6.92 Å². The summed E-state index contributed by atoms with van der Waals surface area (Å²) in [6.07, 6.45) is 0. The van der Waals surface area contributed by atoms with E-state index in [9.17, 15) is 30.0 Å². The third-order valence-corrected chi connectivity index (χ3v) is 6.27. The number of hydrogen-bond acceptors (Lipinski definition) is 11. The molecular formula is C18H9Cl3O11S3. The van der Waals surface area contributed by atoms with E-state index in [2.05, 4.69) is 0 Å². The summed E-state index contributed by atoms with van der Waals surface area (Å²) in [5.41, 5.74) is 0. The van der Waals surface area contributed by atoms with Gasteiger partial charge in [0.25, 0.3) is 0 Å². The van der Waals surface area contributed by atoms with Gasteiger partial charge in [-0.2, -0.15) is 25.3 Å². The van der Waals surface area contributed by atoms with E-state index in [0.717, 1.165) is 19.1 Å². The molecule has 0 unspecified atom stereocenters. The highest BCUT2D eigenvalue weighted by Gasteiger charge is 2.25. The molecule has 0 N–H and O–H groups in total. The molecule has 186 valence electrons. The van der Waals surface area contributed by atoms with Crippen LogP contribution in [0.3, 0.4) is 0 Å². The molecule has 0 fully saturated rings. The number of benzene rings is 4. The summed E-state index contributed by atoms with van der Waals surface area (Å²) in [6, 6.07) is 7.55. The first-order valence-electron chi connectivity index (χ1n) is 8.91. The molecule has 0 amide bonds. The summed E-state index contributed by atoms with van der Waals surface area (Å²) in [5.74, 6) is -2.13. The van der Waals surface area contributed by atoms with Crippen molar-refractivity contribution < 1.29 is 47.3 Å². The minimum Gasteiger partial charge on any atom is -0.426 e. The fourth-order valence-electron chi connectivity index (χ4n) is 3.63. The molecule has 17 heteroatoms. The molecule has 0 aliphatic rings. The highest BCUT2D eigenvalue weighted by molar-refractivity contribution is 8.10. The Morgan fingerprint density at radius 2 is 0.886 bits per heavy atom. The third kappa shape index (κ3) is 5.52. The summed E-state index contributed by atoms with van der Waals surface area (Å²) in [4.78, 5) is 11.7. The fourth-order valence-corrected chi connectivity index (χ4v) is 5.30. The van der Waals surface area contributed by atoms with Gasteiger partial charge in [-0.1, -0.05) is 0 Å². The summed E-state index contributed by atoms with van der Waals surface area (Å²) < 4.78 is 89.5. The SMILES string of the molecule is CC(=O)Oc1cc(OS(=O)(=O)Cl)c2ccc3c(OS(=O)(=O)Cl)cc(OS(=O)(=O)Cl)c4ccc1c2c43. The van der Waals surface area contributed by atoms with Crippen molar-refractivity contribution in [2.24, 2.45) is 0 Å². The number of halogens is 3. The summed E-state index contributed by atoms with van der Waals surface area (Å²) in [5, 5.41) is 0.784. The molecule has 11 nitrogen and oxygen atoms in total. The van der Waals surface area contributed by atoms with E-state index in [-0.39, 0.29) is 43.8 Å². The minimum atomic E-state index is -4.62. The summed E-state index contributed by atoms with van der Waals surface area (Å²) in [6.45, 7) is 1.10. The Kier molecular flexibility index (Phi) is 6.27. The zero-order valence-corrected chi connectivity index (χ0v) is 21.5. The fraction of sp³-hybridized carbons (Fsp3) is 0.0556. The van der Waals surface area contributed by atoms with Crippen LogP contribution >= 0.6 is 32.0 Å². The Balaban J connectivity index is 2.24. The summed E-state index contributed by atoms with van der Waals surface area (Å²) >= 11 is 0. The van der Waals surface area contributed by atoms with Crippen molar-refractivity contribution in [3.05, 3.63) is 36.4 Å². The van der Waals surface area contributed by atoms with E-state index in [0.29, 0.717) is 0 Å². The molecule has 0 saturated heterocycles. The van der Waals surface area contributed by atoms with Gasteiger partial charge in [0.05, 0.1) is 32.0 Å². The molecule has 0 radical (unpaired) electrons. The normalized spacial score (nSPS) is 12.8. The lowest BCUT2D eigenvalue weighted by Gasteiger charge is -2.18. The number of ether oxygens (including phenoxy) is 1. The smallest absolute Gasteiger partial charge is 0.401 e. The van der Waals surface area contributed by atoms with E-state index in [4.69, 9.17) is 49.3 Å². The van der Waals surface area contributed by atoms with Crippen LogP contribution in [0.5, 0.6) is 23.0 Å². The highest BCUT2D eigenvalue weighted by Crippen LogP contribution is 2.48. The molecule has 0 aliphatic heterocycles. The number of hydrogen-bond donors (Lipinski definition) is 0. The Morgan fingerprint density at radius 1 is 0.600 bits per heavy atom. The first kappa shape index (κ1) is 25.6. The van der Waals surface area contributed by atoms with Crippen LogP contribution in [0.25, 0.3) is 32.3 Å². The van der Waals surface area contributed by atoms with E-state index < -0.39 is 45.5 Å². The van der Waals surface area contributed by atoms with E-state index in [1.54, 1.807) is 0 Å². The maximum absolute atomic E-state index is 11.7. The van der Waals surface area contributed by atoms with Crippen LogP contribution in [0.4, 0.5) is 0 Å². The second-order valence-electron chi connectivity index (χ2n) is 6.84. The van der Waals surface area contributed by atoms with Crippen molar-refractivity contribution in [1.82, 2.24) is 0 Å². The van der Waals surface area contributed by atoms with Gasteiger partial charge in [-0.25, -0.2) is 0 Å². The van der Waals surface area contributed by atoms with Gasteiger partial charge in [-0.05, 0) is 24.3 Å². The average molecular weight is 604 g/mol. The maximum atomic E-state index is 11.7. The second kappa shape index (κ2) is 8.57. The van der Waals surface area contributed by atoms with Gasteiger partial charge in [-0.15, -0.1) is 0 Å². The number of rotatable bonds is 7. The molecule has 0 heterocycles. The van der Waals surface area contributed by atoms with E-state index in [1.807, 2.05) is 0 Å². The van der Waals surface area contributed by atoms with Gasteiger partial charge in [-0.3, -0.25) is 4.79 Å². The van der Waals surface area contributed by atoms with Crippen molar-refractivity contribution >= 4 is 98.3 Å². The van der Waals surface area contributed by atoms with Gasteiger partial charge in [0.1, 0.15) is 5.75 Å². The van der Waals surface area contributed by atoms with Crippen molar-refractivity contribution in [3.8, 4) is 23.0 Å². The minimum absolute atomic E-state index is 0.0845. The van der Waals surface area contributed by atoms with Crippen molar-refractivity contribution in [3.63, 3.8) is 0 Å². The molecule has 4 aromatic rings. The first-order valence-corrected chi connectivity index (χ1v) is 15.6. The standard InChI is InChI=1S/C18H9Cl3O11S3/c1-8(22)29-13-6-14(30-33(19,23)24)10-4-5-12-16(32-35(21,27)28)7-15(31-34(20,25)26)11-3-2-9(13)17(10)18(11)12/h2-7H,1H3. The lowest BCUT2D eigenvalue weighted by atomic mass is 9.92. The summed E-state index contributed by atoms with van der Waals surface area (Å²) in [7, 11) is 1.91. The van der Waals surface area contributed by atoms with Gasteiger partial charge < -0.3 is 17.3 Å². The van der Waals surface area contributed by atoms with Crippen LogP contribution in [0.15, 0.2) is 36.4 Å². The molecule has 0 saturated carbocycles. The van der Waals surface area contributed by atoms with Gasteiger partial charge in [0.2, 0.25) is 0 Å². The second-order valence-corrected chi connectivity index (χ2v) is 13.1. The topological polar surface area (TPSA) is 156 Å². The molecule has 0 atom stereocenters. The molecule has 4 aromatic carbocycles. The van der Waals surface area contributed by atoms with E-state index >= 15 is 0 Å². The zero-order valence-electron chi connectivity index (χ0n) is 16.8. The monoisotopic (exact) mass is 602 g/mol. The number of esters is 1. The van der Waals surface area contributed by atoms with Crippen molar-refractivity contribution in [2.75, 3.05) is 0 Å². The Bertz CT molecular complexity index is 1800. The number of carbonyl (C=O) groups is 1. The third-order valence-electron chi connectivity index (χ3n) is 4.57. The molecule has 0 bridgehead atoms. The molecule has 35 heavy (non-hydrogen) atoms. The lowest BCUT2D eigenvalue weighted by Crippen LogP contribution is -2.06. The van der Waals surface area contributed by atoms with Crippen LogP contribution < -0.4 is 17.3 Å². The van der Waals surface area contributed by atoms with Gasteiger partial charge >= 0.3 is 34.0 Å². The molecule has 0 aromatic heterocycles. The van der Waals surface area contributed by atoms with Gasteiger partial charge in [0.15, 0.2) is 17.2 Å². The Morgan fingerprint density at radius 3 is 1.17 bits per heavy atom. The molecule has 4 rings (SSSR count). The maximum Gasteiger partial charge on any atom is 0.401 e. The Hall–Kier alpha value is -2.49. The largest absolute Gasteiger partial charge is 0.426 e. The van der Waals surface area contributed by atoms with Crippen molar-refractivity contribution in [1.29, 1.82) is 0 Å². The molecule has 0 aliphatic carbocycles. The quantitative estimate of drug-likeness (QED) is 0.130. The first-order chi connectivity index (χ1) is 16.0. The van der Waals surface area contributed by atoms with Crippen LogP contribution in [-0.2, 0) is 32.8 Å². The van der Waals surface area contributed by atoms with E-state index in [1.165, 1.54) is 24.3 Å². The highest BCUT2D eigenvalue weighted by atomic mass is 35.7. The Labute approximate surface area is 211 Å². The van der Waals surface area contributed by atoms with Crippen LogP contribution in [-0.4, -0.2) is 31.2 Å². The zero-order chi connectivity index (χ0) is 25.9. The van der Waals surface area contributed by atoms with Crippen LogP contribution in [0, 0.1) is 0 Å². The molecular weight excluding hydrogens is 595 g/mol. The van der Waals surface area contributed by atoms with Crippen LogP contribution in [0.1, 0.15) is 6.92 Å². The predicted molar refractivity (Wildman–Crippen MR) is 128 cm³/mol. The number of carbonyl (C=O) groups excluding carboxylic acids is 1. The lowest BCUT2D eigenvalue weighted by molar-refractivity contribution is -0.131. The predicted octanol–water partition coefficient (Wildman–Crippen LogP) is 4.10. The van der Waals surface area contributed by atoms with Crippen LogP contribution in [0.2, 0.25) is 0 Å².